The predicted octanol–water partition coefficient (Wildman–Crippen LogP) is 3.43. The molecule has 0 amide bonds. The molecule has 2 rings (SSSR count). The van der Waals surface area contributed by atoms with Crippen LogP contribution in [0.2, 0.25) is 0 Å². The van der Waals surface area contributed by atoms with Crippen LogP contribution in [-0.2, 0) is 0 Å². The molecule has 0 N–H and O–H groups in total. The van der Waals surface area contributed by atoms with Crippen molar-refractivity contribution in [3.05, 3.63) is 28.5 Å². The SMILES string of the molecule is FC(F)c1ccnc2c1c(Br)cn2S. The number of hydrogen-bond donors (Lipinski definition) is 1. The summed E-state index contributed by atoms with van der Waals surface area (Å²) in [5.41, 5.74) is 0.396. The maximum atomic E-state index is 12.6. The Morgan fingerprint density at radius 1 is 1.50 bits per heavy atom. The maximum Gasteiger partial charge on any atom is 0.264 e. The number of pyridine rings is 1. The van der Waals surface area contributed by atoms with Crippen molar-refractivity contribution >= 4 is 39.8 Å². The Morgan fingerprint density at radius 3 is 2.86 bits per heavy atom. The summed E-state index contributed by atoms with van der Waals surface area (Å²) < 4.78 is 27.2. The second-order valence-electron chi connectivity index (χ2n) is 2.72. The number of nitrogens with zero attached hydrogens (tertiary/aromatic N) is 2. The Hall–Kier alpha value is -0.620. The lowest BCUT2D eigenvalue weighted by Crippen LogP contribution is -1.88. The van der Waals surface area contributed by atoms with E-state index < -0.39 is 6.43 Å². The first-order valence-electron chi connectivity index (χ1n) is 3.74. The Balaban J connectivity index is 2.85. The lowest BCUT2D eigenvalue weighted by atomic mass is 10.2. The van der Waals surface area contributed by atoms with E-state index in [0.717, 1.165) is 0 Å². The lowest BCUT2D eigenvalue weighted by molar-refractivity contribution is 0.153. The molecule has 0 bridgehead atoms. The van der Waals surface area contributed by atoms with Gasteiger partial charge in [0.1, 0.15) is 0 Å². The molecule has 0 radical (unpaired) electrons. The third-order valence-electron chi connectivity index (χ3n) is 1.89. The van der Waals surface area contributed by atoms with Gasteiger partial charge in [-0.15, -0.1) is 0 Å². The molecule has 0 aliphatic carbocycles. The van der Waals surface area contributed by atoms with Crippen LogP contribution >= 0.6 is 28.7 Å². The van der Waals surface area contributed by atoms with E-state index in [9.17, 15) is 8.78 Å². The van der Waals surface area contributed by atoms with Gasteiger partial charge in [0.2, 0.25) is 0 Å². The predicted molar refractivity (Wildman–Crippen MR) is 56.8 cm³/mol. The Morgan fingerprint density at radius 2 is 2.21 bits per heavy atom. The van der Waals surface area contributed by atoms with Gasteiger partial charge in [-0.3, -0.25) is 3.97 Å². The minimum atomic E-state index is -2.51. The lowest BCUT2D eigenvalue weighted by Gasteiger charge is -2.01. The number of rotatable bonds is 1. The van der Waals surface area contributed by atoms with E-state index >= 15 is 0 Å². The van der Waals surface area contributed by atoms with Crippen LogP contribution < -0.4 is 0 Å². The number of aromatic nitrogens is 2. The van der Waals surface area contributed by atoms with E-state index in [0.29, 0.717) is 15.5 Å². The topological polar surface area (TPSA) is 17.8 Å². The van der Waals surface area contributed by atoms with Crippen LogP contribution in [0.15, 0.2) is 22.9 Å². The fourth-order valence-corrected chi connectivity index (χ4v) is 2.33. The summed E-state index contributed by atoms with van der Waals surface area (Å²) in [6.45, 7) is 0. The van der Waals surface area contributed by atoms with Gasteiger partial charge in [0, 0.05) is 27.8 Å². The third kappa shape index (κ3) is 1.42. The van der Waals surface area contributed by atoms with Crippen molar-refractivity contribution in [1.29, 1.82) is 0 Å². The number of fused-ring (bicyclic) bond motifs is 1. The van der Waals surface area contributed by atoms with Crippen molar-refractivity contribution in [3.8, 4) is 0 Å². The van der Waals surface area contributed by atoms with E-state index in [1.165, 1.54) is 16.2 Å². The second kappa shape index (κ2) is 3.51. The van der Waals surface area contributed by atoms with Gasteiger partial charge in [0.15, 0.2) is 5.65 Å². The zero-order chi connectivity index (χ0) is 10.3. The van der Waals surface area contributed by atoms with Crippen LogP contribution in [0.4, 0.5) is 8.78 Å². The first-order chi connectivity index (χ1) is 6.61. The van der Waals surface area contributed by atoms with Crippen molar-refractivity contribution in [3.63, 3.8) is 0 Å². The maximum absolute atomic E-state index is 12.6. The molecule has 14 heavy (non-hydrogen) atoms. The van der Waals surface area contributed by atoms with Crippen LogP contribution in [0.5, 0.6) is 0 Å². The summed E-state index contributed by atoms with van der Waals surface area (Å²) in [7, 11) is 0. The number of thiol groups is 1. The van der Waals surface area contributed by atoms with Crippen LogP contribution in [0, 0.1) is 0 Å². The van der Waals surface area contributed by atoms with Gasteiger partial charge in [-0.1, -0.05) is 12.8 Å². The van der Waals surface area contributed by atoms with Crippen molar-refractivity contribution in [1.82, 2.24) is 8.96 Å². The molecule has 2 aromatic heterocycles. The van der Waals surface area contributed by atoms with E-state index in [-0.39, 0.29) is 5.56 Å². The van der Waals surface area contributed by atoms with Crippen LogP contribution in [0.3, 0.4) is 0 Å². The zero-order valence-electron chi connectivity index (χ0n) is 6.78. The molecule has 0 aromatic carbocycles. The highest BCUT2D eigenvalue weighted by Crippen LogP contribution is 2.33. The van der Waals surface area contributed by atoms with Gasteiger partial charge >= 0.3 is 0 Å². The Labute approximate surface area is 92.6 Å². The Kier molecular flexibility index (Phi) is 2.48. The first kappa shape index (κ1) is 9.92. The monoisotopic (exact) mass is 278 g/mol. The van der Waals surface area contributed by atoms with Crippen molar-refractivity contribution in [2.24, 2.45) is 0 Å². The molecule has 6 heteroatoms. The molecule has 2 aromatic rings. The molecule has 2 nitrogen and oxygen atoms in total. The first-order valence-corrected chi connectivity index (χ1v) is 4.93. The summed E-state index contributed by atoms with van der Waals surface area (Å²) in [5, 5.41) is 0.414. The van der Waals surface area contributed by atoms with Crippen molar-refractivity contribution < 1.29 is 8.78 Å². The van der Waals surface area contributed by atoms with Gasteiger partial charge < -0.3 is 0 Å². The fourth-order valence-electron chi connectivity index (χ4n) is 1.30. The number of hydrogen-bond acceptors (Lipinski definition) is 2. The summed E-state index contributed by atoms with van der Waals surface area (Å²) >= 11 is 7.26. The van der Waals surface area contributed by atoms with E-state index in [4.69, 9.17) is 0 Å². The van der Waals surface area contributed by atoms with Crippen molar-refractivity contribution in [2.45, 2.75) is 6.43 Å². The molecule has 0 aliphatic heterocycles. The van der Waals surface area contributed by atoms with Crippen molar-refractivity contribution in [2.75, 3.05) is 0 Å². The highest BCUT2D eigenvalue weighted by atomic mass is 79.9. The highest BCUT2D eigenvalue weighted by Gasteiger charge is 2.16. The fraction of sp³-hybridized carbons (Fsp3) is 0.125. The van der Waals surface area contributed by atoms with E-state index in [1.807, 2.05) is 0 Å². The van der Waals surface area contributed by atoms with E-state index in [1.54, 1.807) is 6.20 Å². The molecular formula is C8H5BrF2N2S. The molecule has 2 heterocycles. The average molecular weight is 279 g/mol. The quantitative estimate of drug-likeness (QED) is 0.792. The van der Waals surface area contributed by atoms with E-state index in [2.05, 4.69) is 33.7 Å². The summed E-state index contributed by atoms with van der Waals surface area (Å²) in [5.74, 6) is 0. The summed E-state index contributed by atoms with van der Waals surface area (Å²) in [6.07, 6.45) is 0.433. The number of halogens is 3. The molecular weight excluding hydrogens is 274 g/mol. The third-order valence-corrected chi connectivity index (χ3v) is 2.80. The molecule has 0 aliphatic rings. The summed E-state index contributed by atoms with van der Waals surface area (Å²) in [6, 6.07) is 1.31. The molecule has 0 saturated carbocycles. The molecule has 0 unspecified atom stereocenters. The minimum absolute atomic E-state index is 0.0327. The second-order valence-corrected chi connectivity index (χ2v) is 4.01. The largest absolute Gasteiger partial charge is 0.277 e. The molecule has 0 saturated heterocycles. The summed E-state index contributed by atoms with van der Waals surface area (Å²) in [4.78, 5) is 3.97. The number of alkyl halides is 2. The van der Waals surface area contributed by atoms with Gasteiger partial charge in [-0.05, 0) is 22.0 Å². The average Bonchev–Trinajstić information content (AvgIpc) is 2.43. The smallest absolute Gasteiger partial charge is 0.264 e. The standard InChI is InChI=1S/C8H5BrF2N2S/c9-5-3-13(14)8-6(5)4(7(10)11)1-2-12-8/h1-3,7,14H. The van der Waals surface area contributed by atoms with Gasteiger partial charge in [0.25, 0.3) is 6.43 Å². The van der Waals surface area contributed by atoms with Gasteiger partial charge in [-0.25, -0.2) is 13.8 Å². The molecule has 0 spiro atoms. The molecule has 0 atom stereocenters. The van der Waals surface area contributed by atoms with Crippen LogP contribution in [0.1, 0.15) is 12.0 Å². The normalized spacial score (nSPS) is 11.5. The van der Waals surface area contributed by atoms with Gasteiger partial charge in [0.05, 0.1) is 0 Å². The zero-order valence-corrected chi connectivity index (χ0v) is 9.27. The van der Waals surface area contributed by atoms with Gasteiger partial charge in [-0.2, -0.15) is 0 Å². The van der Waals surface area contributed by atoms with Crippen LogP contribution in [0.25, 0.3) is 11.0 Å². The van der Waals surface area contributed by atoms with Crippen LogP contribution in [-0.4, -0.2) is 8.96 Å². The molecule has 0 fully saturated rings. The highest BCUT2D eigenvalue weighted by molar-refractivity contribution is 9.10. The molecule has 74 valence electrons. The Bertz CT molecular complexity index is 483. The minimum Gasteiger partial charge on any atom is -0.277 e.